The van der Waals surface area contributed by atoms with Crippen LogP contribution in [0.5, 0.6) is 0 Å². The number of aromatic nitrogens is 1. The van der Waals surface area contributed by atoms with E-state index in [1.54, 1.807) is 13.8 Å². The van der Waals surface area contributed by atoms with Crippen molar-refractivity contribution < 1.29 is 8.42 Å². The number of halogens is 1. The summed E-state index contributed by atoms with van der Waals surface area (Å²) in [5.74, 6) is 0.0395. The number of nitrogens with zero attached hydrogens (tertiary/aromatic N) is 1. The molecule has 0 aliphatic heterocycles. The average Bonchev–Trinajstić information content (AvgIpc) is 2.09. The van der Waals surface area contributed by atoms with Crippen LogP contribution >= 0.6 is 11.6 Å². The monoisotopic (exact) mass is 219 g/mol. The highest BCUT2D eigenvalue weighted by atomic mass is 35.5. The van der Waals surface area contributed by atoms with Crippen LogP contribution in [0.15, 0.2) is 17.2 Å². The molecule has 0 amide bonds. The van der Waals surface area contributed by atoms with E-state index in [-0.39, 0.29) is 15.8 Å². The highest BCUT2D eigenvalue weighted by molar-refractivity contribution is 7.91. The summed E-state index contributed by atoms with van der Waals surface area (Å²) in [7, 11) is -3.25. The van der Waals surface area contributed by atoms with E-state index in [9.17, 15) is 8.42 Å². The van der Waals surface area contributed by atoms with Gasteiger partial charge in [-0.25, -0.2) is 13.4 Å². The van der Waals surface area contributed by atoms with Gasteiger partial charge in [0.1, 0.15) is 10.0 Å². The fourth-order valence-electron chi connectivity index (χ4n) is 0.899. The lowest BCUT2D eigenvalue weighted by Crippen LogP contribution is -2.05. The second-order valence-electron chi connectivity index (χ2n) is 2.71. The van der Waals surface area contributed by atoms with Gasteiger partial charge in [-0.05, 0) is 18.6 Å². The first-order valence-electron chi connectivity index (χ1n) is 3.82. The largest absolute Gasteiger partial charge is 0.243 e. The van der Waals surface area contributed by atoms with Crippen molar-refractivity contribution in [2.75, 3.05) is 5.75 Å². The van der Waals surface area contributed by atoms with Crippen molar-refractivity contribution in [3.05, 3.63) is 23.0 Å². The van der Waals surface area contributed by atoms with Crippen LogP contribution in [0.3, 0.4) is 0 Å². The van der Waals surface area contributed by atoms with Crippen molar-refractivity contribution in [2.45, 2.75) is 18.7 Å². The standard InChI is InChI=1S/C8H10ClNO2S/c1-3-13(11,12)7-4-6(2)5-10-8(7)9/h4-5H,3H2,1-2H3. The van der Waals surface area contributed by atoms with E-state index in [0.29, 0.717) is 0 Å². The van der Waals surface area contributed by atoms with Gasteiger partial charge in [0.2, 0.25) is 0 Å². The summed E-state index contributed by atoms with van der Waals surface area (Å²) in [5, 5.41) is 0.0486. The first kappa shape index (κ1) is 10.5. The minimum Gasteiger partial charge on any atom is -0.243 e. The van der Waals surface area contributed by atoms with Crippen molar-refractivity contribution in [1.29, 1.82) is 0 Å². The maximum atomic E-state index is 11.4. The molecule has 1 heterocycles. The molecule has 72 valence electrons. The molecular weight excluding hydrogens is 210 g/mol. The van der Waals surface area contributed by atoms with Crippen molar-refractivity contribution in [2.24, 2.45) is 0 Å². The van der Waals surface area contributed by atoms with Crippen LogP contribution in [0.4, 0.5) is 0 Å². The quantitative estimate of drug-likeness (QED) is 0.713. The molecule has 0 saturated heterocycles. The summed E-state index contributed by atoms with van der Waals surface area (Å²) in [6, 6.07) is 1.54. The van der Waals surface area contributed by atoms with Crippen LogP contribution in [0.25, 0.3) is 0 Å². The zero-order valence-electron chi connectivity index (χ0n) is 7.41. The lowest BCUT2D eigenvalue weighted by Gasteiger charge is -2.03. The molecule has 0 bridgehead atoms. The van der Waals surface area contributed by atoms with Crippen molar-refractivity contribution in [3.63, 3.8) is 0 Å². The fourth-order valence-corrected chi connectivity index (χ4v) is 2.34. The zero-order valence-corrected chi connectivity index (χ0v) is 8.98. The average molecular weight is 220 g/mol. The minimum atomic E-state index is -3.25. The second kappa shape index (κ2) is 3.64. The molecule has 0 radical (unpaired) electrons. The molecule has 0 spiro atoms. The third-order valence-corrected chi connectivity index (χ3v) is 3.81. The van der Waals surface area contributed by atoms with Crippen molar-refractivity contribution in [3.8, 4) is 0 Å². The molecule has 0 saturated carbocycles. The maximum absolute atomic E-state index is 11.4. The van der Waals surface area contributed by atoms with E-state index >= 15 is 0 Å². The van der Waals surface area contributed by atoms with Gasteiger partial charge < -0.3 is 0 Å². The maximum Gasteiger partial charge on any atom is 0.181 e. The van der Waals surface area contributed by atoms with Crippen molar-refractivity contribution >= 4 is 21.4 Å². The highest BCUT2D eigenvalue weighted by Gasteiger charge is 2.16. The SMILES string of the molecule is CCS(=O)(=O)c1cc(C)cnc1Cl. The molecule has 1 aromatic heterocycles. The predicted molar refractivity (Wildman–Crippen MR) is 51.7 cm³/mol. The lowest BCUT2D eigenvalue weighted by atomic mass is 10.3. The van der Waals surface area contributed by atoms with E-state index < -0.39 is 9.84 Å². The third-order valence-electron chi connectivity index (χ3n) is 1.66. The number of aryl methyl sites for hydroxylation is 1. The molecule has 0 aliphatic rings. The molecular formula is C8H10ClNO2S. The Balaban J connectivity index is 3.38. The molecule has 0 aromatic carbocycles. The van der Waals surface area contributed by atoms with Gasteiger partial charge in [-0.3, -0.25) is 0 Å². The normalized spacial score (nSPS) is 11.6. The van der Waals surface area contributed by atoms with E-state index in [1.807, 2.05) is 0 Å². The van der Waals surface area contributed by atoms with Gasteiger partial charge in [0, 0.05) is 6.20 Å². The van der Waals surface area contributed by atoms with E-state index in [2.05, 4.69) is 4.98 Å². The van der Waals surface area contributed by atoms with Gasteiger partial charge in [-0.15, -0.1) is 0 Å². The van der Waals surface area contributed by atoms with Crippen LogP contribution in [-0.2, 0) is 9.84 Å². The molecule has 13 heavy (non-hydrogen) atoms. The van der Waals surface area contributed by atoms with E-state index in [0.717, 1.165) is 5.56 Å². The summed E-state index contributed by atoms with van der Waals surface area (Å²) in [5.41, 5.74) is 0.788. The molecule has 1 aromatic rings. The van der Waals surface area contributed by atoms with Gasteiger partial charge in [0.05, 0.1) is 5.75 Å². The minimum absolute atomic E-state index is 0.0395. The zero-order chi connectivity index (χ0) is 10.1. The second-order valence-corrected chi connectivity index (χ2v) is 5.31. The Bertz CT molecular complexity index is 414. The number of hydrogen-bond donors (Lipinski definition) is 0. The topological polar surface area (TPSA) is 47.0 Å². The Kier molecular flexibility index (Phi) is 2.93. The van der Waals surface area contributed by atoms with Crippen LogP contribution in [0.1, 0.15) is 12.5 Å². The van der Waals surface area contributed by atoms with Crippen LogP contribution < -0.4 is 0 Å². The Morgan fingerprint density at radius 3 is 2.69 bits per heavy atom. The molecule has 0 aliphatic carbocycles. The molecule has 1 rings (SSSR count). The molecule has 5 heteroatoms. The Labute approximate surface area is 82.7 Å². The van der Waals surface area contributed by atoms with Gasteiger partial charge in [0.15, 0.2) is 9.84 Å². The van der Waals surface area contributed by atoms with Gasteiger partial charge in [-0.2, -0.15) is 0 Å². The Morgan fingerprint density at radius 1 is 1.54 bits per heavy atom. The summed E-state index contributed by atoms with van der Waals surface area (Å²) >= 11 is 5.67. The predicted octanol–water partition coefficient (Wildman–Crippen LogP) is 1.84. The highest BCUT2D eigenvalue weighted by Crippen LogP contribution is 2.20. The number of hydrogen-bond acceptors (Lipinski definition) is 3. The molecule has 0 atom stereocenters. The molecule has 0 unspecified atom stereocenters. The summed E-state index contributed by atoms with van der Waals surface area (Å²) in [6.07, 6.45) is 1.54. The van der Waals surface area contributed by atoms with Crippen LogP contribution in [0.2, 0.25) is 5.15 Å². The summed E-state index contributed by atoms with van der Waals surface area (Å²) < 4.78 is 22.9. The lowest BCUT2D eigenvalue weighted by molar-refractivity contribution is 0.597. The van der Waals surface area contributed by atoms with Crippen molar-refractivity contribution in [1.82, 2.24) is 4.98 Å². The fraction of sp³-hybridized carbons (Fsp3) is 0.375. The Morgan fingerprint density at radius 2 is 2.15 bits per heavy atom. The first-order valence-corrected chi connectivity index (χ1v) is 5.85. The molecule has 0 N–H and O–H groups in total. The number of rotatable bonds is 2. The van der Waals surface area contributed by atoms with Crippen LogP contribution in [-0.4, -0.2) is 19.2 Å². The third kappa shape index (κ3) is 2.19. The van der Waals surface area contributed by atoms with E-state index in [1.165, 1.54) is 12.3 Å². The molecule has 3 nitrogen and oxygen atoms in total. The van der Waals surface area contributed by atoms with E-state index in [4.69, 9.17) is 11.6 Å². The number of sulfone groups is 1. The van der Waals surface area contributed by atoms with Crippen LogP contribution in [0, 0.1) is 6.92 Å². The van der Waals surface area contributed by atoms with Gasteiger partial charge in [-0.1, -0.05) is 18.5 Å². The smallest absolute Gasteiger partial charge is 0.181 e. The molecule has 0 fully saturated rings. The Hall–Kier alpha value is -0.610. The number of pyridine rings is 1. The first-order chi connectivity index (χ1) is 5.97. The summed E-state index contributed by atoms with van der Waals surface area (Å²) in [6.45, 7) is 3.35. The van der Waals surface area contributed by atoms with Gasteiger partial charge >= 0.3 is 0 Å². The van der Waals surface area contributed by atoms with Gasteiger partial charge in [0.25, 0.3) is 0 Å². The summed E-state index contributed by atoms with van der Waals surface area (Å²) in [4.78, 5) is 3.90.